The van der Waals surface area contributed by atoms with Crippen molar-refractivity contribution in [1.29, 1.82) is 0 Å². The van der Waals surface area contributed by atoms with E-state index in [1.165, 1.54) is 19.2 Å². The Morgan fingerprint density at radius 2 is 1.17 bits per heavy atom. The predicted octanol–water partition coefficient (Wildman–Crippen LogP) is 7.49. The molecule has 4 aromatic rings. The maximum absolute atomic E-state index is 5.75. The van der Waals surface area contributed by atoms with E-state index in [1.54, 1.807) is 26.6 Å². The van der Waals surface area contributed by atoms with Crippen LogP contribution in [0.2, 0.25) is 5.15 Å². The number of halogens is 2. The lowest BCUT2D eigenvalue weighted by Gasteiger charge is -2.08. The summed E-state index contributed by atoms with van der Waals surface area (Å²) in [6.45, 7) is 6.07. The summed E-state index contributed by atoms with van der Waals surface area (Å²) >= 11 is 5.75. The third-order valence-corrected chi connectivity index (χ3v) is 5.63. The molecule has 5 N–H and O–H groups in total. The number of unbranched alkanes of at least 4 members (excludes halogenated alkanes) is 2. The Kier molecular flexibility index (Phi) is 18.8. The van der Waals surface area contributed by atoms with E-state index in [0.717, 1.165) is 60.4 Å². The molecule has 2 aromatic heterocycles. The van der Waals surface area contributed by atoms with Gasteiger partial charge in [0.2, 0.25) is 0 Å². The summed E-state index contributed by atoms with van der Waals surface area (Å²) in [5.41, 5.74) is 7.01. The number of methoxy groups -OCH3 is 2. The molecular formula is C30H42Cl2N8O2. The van der Waals surface area contributed by atoms with Crippen LogP contribution in [0.15, 0.2) is 73.3 Å². The quantitative estimate of drug-likeness (QED) is 0.0936. The number of hydrogen-bond acceptors (Lipinski definition) is 10. The Labute approximate surface area is 260 Å². The van der Waals surface area contributed by atoms with Crippen molar-refractivity contribution in [1.82, 2.24) is 19.9 Å². The minimum absolute atomic E-state index is 0. The lowest BCUT2D eigenvalue weighted by molar-refractivity contribution is 0.415. The van der Waals surface area contributed by atoms with Gasteiger partial charge < -0.3 is 31.2 Å². The maximum atomic E-state index is 5.75. The maximum Gasteiger partial charge on any atom is 0.135 e. The van der Waals surface area contributed by atoms with Gasteiger partial charge in [0.25, 0.3) is 0 Å². The molecule has 2 aromatic carbocycles. The van der Waals surface area contributed by atoms with Gasteiger partial charge in [0.15, 0.2) is 0 Å². The molecule has 4 rings (SSSR count). The van der Waals surface area contributed by atoms with Gasteiger partial charge >= 0.3 is 0 Å². The number of anilines is 5. The molecule has 0 saturated heterocycles. The van der Waals surface area contributed by atoms with Crippen LogP contribution >= 0.6 is 24.0 Å². The molecule has 0 radical (unpaired) electrons. The van der Waals surface area contributed by atoms with Crippen molar-refractivity contribution < 1.29 is 9.47 Å². The molecule has 228 valence electrons. The van der Waals surface area contributed by atoms with Crippen molar-refractivity contribution in [2.45, 2.75) is 39.5 Å². The first-order chi connectivity index (χ1) is 20.0. The Morgan fingerprint density at radius 1 is 0.690 bits per heavy atom. The fourth-order valence-electron chi connectivity index (χ4n) is 3.17. The molecular weight excluding hydrogens is 575 g/mol. The average molecular weight is 618 g/mol. The molecule has 42 heavy (non-hydrogen) atoms. The molecule has 0 saturated carbocycles. The fraction of sp³-hybridized carbons (Fsp3) is 0.333. The van der Waals surface area contributed by atoms with Crippen LogP contribution in [0.5, 0.6) is 11.5 Å². The lowest BCUT2D eigenvalue weighted by Crippen LogP contribution is -2.04. The van der Waals surface area contributed by atoms with Gasteiger partial charge in [-0.15, -0.1) is 12.4 Å². The van der Waals surface area contributed by atoms with Crippen molar-refractivity contribution in [3.63, 3.8) is 0 Å². The highest BCUT2D eigenvalue weighted by Crippen LogP contribution is 2.20. The summed E-state index contributed by atoms with van der Waals surface area (Å²) in [6.07, 6.45) is 7.64. The summed E-state index contributed by atoms with van der Waals surface area (Å²) in [4.78, 5) is 16.3. The molecule has 0 aliphatic heterocycles. The number of hydrogen-bond donors (Lipinski definition) is 4. The van der Waals surface area contributed by atoms with Crippen molar-refractivity contribution >= 4 is 52.8 Å². The predicted molar refractivity (Wildman–Crippen MR) is 176 cm³/mol. The SMILES string of the molecule is CCCCN.CCCCNc1cc(Nc2ccc(OC)cc2)ncn1.COc1ccc(Nc2cc(Cl)ncn2)cc1.Cl. The normalized spacial score (nSPS) is 9.57. The number of rotatable bonds is 12. The van der Waals surface area contributed by atoms with Gasteiger partial charge in [-0.3, -0.25) is 0 Å². The van der Waals surface area contributed by atoms with E-state index in [9.17, 15) is 0 Å². The zero-order chi connectivity index (χ0) is 29.7. The topological polar surface area (TPSA) is 132 Å². The van der Waals surface area contributed by atoms with Crippen LogP contribution in [0.3, 0.4) is 0 Å². The van der Waals surface area contributed by atoms with Gasteiger partial charge in [0.05, 0.1) is 14.2 Å². The number of nitrogens with two attached hydrogens (primary N) is 1. The summed E-state index contributed by atoms with van der Waals surface area (Å²) < 4.78 is 10.2. The van der Waals surface area contributed by atoms with Gasteiger partial charge in [0, 0.05) is 30.1 Å². The summed E-state index contributed by atoms with van der Waals surface area (Å²) in [7, 11) is 3.29. The average Bonchev–Trinajstić information content (AvgIpc) is 2.99. The van der Waals surface area contributed by atoms with Gasteiger partial charge in [-0.25, -0.2) is 19.9 Å². The summed E-state index contributed by atoms with van der Waals surface area (Å²) in [6, 6.07) is 18.8. The highest BCUT2D eigenvalue weighted by atomic mass is 35.5. The summed E-state index contributed by atoms with van der Waals surface area (Å²) in [5.74, 6) is 3.91. The minimum atomic E-state index is 0. The largest absolute Gasteiger partial charge is 0.497 e. The first-order valence-electron chi connectivity index (χ1n) is 13.6. The third kappa shape index (κ3) is 14.7. The van der Waals surface area contributed by atoms with E-state index in [-0.39, 0.29) is 12.4 Å². The molecule has 0 bridgehead atoms. The van der Waals surface area contributed by atoms with E-state index in [1.807, 2.05) is 54.6 Å². The second kappa shape index (κ2) is 21.8. The molecule has 0 aliphatic carbocycles. The van der Waals surface area contributed by atoms with Crippen molar-refractivity contribution in [2.24, 2.45) is 5.73 Å². The highest BCUT2D eigenvalue weighted by molar-refractivity contribution is 6.29. The Hall–Kier alpha value is -3.86. The molecule has 2 heterocycles. The molecule has 12 heteroatoms. The Balaban J connectivity index is 0.000000360. The smallest absolute Gasteiger partial charge is 0.135 e. The molecule has 0 fully saturated rings. The van der Waals surface area contributed by atoms with Crippen LogP contribution in [-0.4, -0.2) is 47.2 Å². The molecule has 0 amide bonds. The van der Waals surface area contributed by atoms with Crippen LogP contribution < -0.4 is 31.2 Å². The van der Waals surface area contributed by atoms with Crippen molar-refractivity contribution in [2.75, 3.05) is 43.3 Å². The van der Waals surface area contributed by atoms with E-state index < -0.39 is 0 Å². The number of benzene rings is 2. The summed E-state index contributed by atoms with van der Waals surface area (Å²) in [5, 5.41) is 10.0. The van der Waals surface area contributed by atoms with Gasteiger partial charge in [-0.1, -0.05) is 38.3 Å². The van der Waals surface area contributed by atoms with Gasteiger partial charge in [-0.2, -0.15) is 0 Å². The lowest BCUT2D eigenvalue weighted by atomic mass is 10.3. The first kappa shape index (κ1) is 36.2. The van der Waals surface area contributed by atoms with Crippen LogP contribution in [-0.2, 0) is 0 Å². The number of nitrogens with one attached hydrogen (secondary N) is 3. The van der Waals surface area contributed by atoms with Crippen LogP contribution in [0.4, 0.5) is 28.8 Å². The number of ether oxygens (including phenoxy) is 2. The van der Waals surface area contributed by atoms with Gasteiger partial charge in [0.1, 0.15) is 46.8 Å². The van der Waals surface area contributed by atoms with Crippen LogP contribution in [0.1, 0.15) is 39.5 Å². The standard InChI is InChI=1S/C15H20N4O.C11H10ClN3O.C4H11N.ClH/c1-3-4-9-16-14-10-15(18-11-17-14)19-12-5-7-13(20-2)8-6-12;1-16-9-4-2-8(3-5-9)15-11-6-10(12)13-7-14-11;1-2-3-4-5;/h5-8,10-11H,3-4,9H2,1-2H3,(H2,16,17,18,19);2-7H,1H3,(H,13,14,15);2-5H2,1H3;1H. The zero-order valence-corrected chi connectivity index (χ0v) is 26.2. The fourth-order valence-corrected chi connectivity index (χ4v) is 3.31. The van der Waals surface area contributed by atoms with Crippen LogP contribution in [0, 0.1) is 0 Å². The zero-order valence-electron chi connectivity index (χ0n) is 24.6. The monoisotopic (exact) mass is 616 g/mol. The minimum Gasteiger partial charge on any atom is -0.497 e. The molecule has 0 atom stereocenters. The molecule has 0 aliphatic rings. The number of nitrogens with zero attached hydrogens (tertiary/aromatic N) is 4. The number of aromatic nitrogens is 4. The van der Waals surface area contributed by atoms with Gasteiger partial charge in [-0.05, 0) is 67.9 Å². The Morgan fingerprint density at radius 3 is 1.60 bits per heavy atom. The van der Waals surface area contributed by atoms with Crippen LogP contribution in [0.25, 0.3) is 0 Å². The van der Waals surface area contributed by atoms with E-state index in [4.69, 9.17) is 26.8 Å². The highest BCUT2D eigenvalue weighted by Gasteiger charge is 2.00. The van der Waals surface area contributed by atoms with Crippen molar-refractivity contribution in [3.05, 3.63) is 78.5 Å². The van der Waals surface area contributed by atoms with E-state index >= 15 is 0 Å². The molecule has 0 unspecified atom stereocenters. The second-order valence-corrected chi connectivity index (χ2v) is 9.03. The van der Waals surface area contributed by atoms with E-state index in [0.29, 0.717) is 11.0 Å². The van der Waals surface area contributed by atoms with Crippen molar-refractivity contribution in [3.8, 4) is 11.5 Å². The molecule has 0 spiro atoms. The third-order valence-electron chi connectivity index (χ3n) is 5.42. The first-order valence-corrected chi connectivity index (χ1v) is 13.9. The molecule has 10 nitrogen and oxygen atoms in total. The van der Waals surface area contributed by atoms with E-state index in [2.05, 4.69) is 49.7 Å². The Bertz CT molecular complexity index is 1250. The second-order valence-electron chi connectivity index (χ2n) is 8.64.